The summed E-state index contributed by atoms with van der Waals surface area (Å²) in [6.07, 6.45) is 4.73. The van der Waals surface area contributed by atoms with Gasteiger partial charge in [0.1, 0.15) is 11.6 Å². The number of aryl methyl sites for hydroxylation is 2. The zero-order chi connectivity index (χ0) is 22.1. The van der Waals surface area contributed by atoms with Crippen molar-refractivity contribution in [2.75, 3.05) is 18.3 Å². The molecule has 0 atom stereocenters. The van der Waals surface area contributed by atoms with Gasteiger partial charge in [0.15, 0.2) is 0 Å². The summed E-state index contributed by atoms with van der Waals surface area (Å²) in [6, 6.07) is 0. The molecule has 0 unspecified atom stereocenters. The van der Waals surface area contributed by atoms with E-state index in [1.54, 1.807) is 13.1 Å². The molecule has 0 aliphatic heterocycles. The topological polar surface area (TPSA) is 192 Å². The van der Waals surface area contributed by atoms with E-state index in [1.807, 2.05) is 0 Å². The Morgan fingerprint density at radius 1 is 1.23 bits per heavy atom. The molecular formula is C16H24N8O6-2. The lowest BCUT2D eigenvalue weighted by molar-refractivity contribution is -0.126. The lowest BCUT2D eigenvalue weighted by atomic mass is 10.2. The van der Waals surface area contributed by atoms with Gasteiger partial charge in [0.05, 0.1) is 25.1 Å². The van der Waals surface area contributed by atoms with Gasteiger partial charge in [-0.05, 0) is 13.3 Å². The van der Waals surface area contributed by atoms with Crippen molar-refractivity contribution in [2.45, 2.75) is 39.3 Å². The van der Waals surface area contributed by atoms with E-state index < -0.39 is 4.90 Å². The molecule has 0 aromatic carbocycles. The normalized spacial score (nSPS) is 10.6. The van der Waals surface area contributed by atoms with Crippen molar-refractivity contribution in [1.82, 2.24) is 34.6 Å². The number of hydrogen-bond acceptors (Lipinski definition) is 8. The number of carbonyl (C=O) groups is 2. The summed E-state index contributed by atoms with van der Waals surface area (Å²) >= 11 is 0. The number of rotatable bonds is 11. The second-order valence-electron chi connectivity index (χ2n) is 6.38. The summed E-state index contributed by atoms with van der Waals surface area (Å²) in [7, 11) is 0. The summed E-state index contributed by atoms with van der Waals surface area (Å²) < 4.78 is 2.89. The maximum Gasteiger partial charge on any atom is 0.358 e. The smallest absolute Gasteiger partial charge is 0.358 e. The summed E-state index contributed by atoms with van der Waals surface area (Å²) in [5, 5.41) is 46.6. The Hall–Kier alpha value is -3.52. The molecule has 166 valence electrons. The largest absolute Gasteiger partial charge is 0.744 e. The molecule has 4 N–H and O–H groups in total. The van der Waals surface area contributed by atoms with Crippen LogP contribution in [-0.2, 0) is 22.7 Å². The molecule has 2 rings (SSSR count). The monoisotopic (exact) mass is 424 g/mol. The number of carbonyl (C=O) groups excluding carboxylic acids is 2. The zero-order valence-electron chi connectivity index (χ0n) is 16.4. The first-order valence-electron chi connectivity index (χ1n) is 9.22. The average Bonchev–Trinajstić information content (AvgIpc) is 3.30. The maximum absolute atomic E-state index is 11.9. The molecule has 0 saturated carbocycles. The molecule has 0 aliphatic carbocycles. The minimum atomic E-state index is -0.521. The molecule has 0 bridgehead atoms. The molecule has 2 heterocycles. The number of nitrogens with one attached hydrogen (secondary N) is 3. The average molecular weight is 424 g/mol. The Morgan fingerprint density at radius 2 is 1.90 bits per heavy atom. The van der Waals surface area contributed by atoms with Gasteiger partial charge < -0.3 is 36.0 Å². The summed E-state index contributed by atoms with van der Waals surface area (Å²) in [6.45, 7) is 2.79. The molecule has 0 spiro atoms. The Morgan fingerprint density at radius 3 is 2.53 bits per heavy atom. The molecule has 0 fully saturated rings. The number of H-pyrrole nitrogens is 1. The van der Waals surface area contributed by atoms with Crippen LogP contribution in [0.3, 0.4) is 0 Å². The van der Waals surface area contributed by atoms with E-state index in [0.717, 1.165) is 0 Å². The number of anilines is 1. The second kappa shape index (κ2) is 10.9. The third kappa shape index (κ3) is 6.52. The van der Waals surface area contributed by atoms with E-state index in [0.29, 0.717) is 25.3 Å². The van der Waals surface area contributed by atoms with Gasteiger partial charge >= 0.3 is 5.62 Å². The molecule has 30 heavy (non-hydrogen) atoms. The van der Waals surface area contributed by atoms with Crippen LogP contribution in [0.25, 0.3) is 0 Å². The van der Waals surface area contributed by atoms with Crippen LogP contribution in [0.1, 0.15) is 25.1 Å². The predicted octanol–water partition coefficient (Wildman–Crippen LogP) is -1.11. The lowest BCUT2D eigenvalue weighted by Crippen LogP contribution is -2.32. The van der Waals surface area contributed by atoms with Crippen LogP contribution in [-0.4, -0.2) is 49.2 Å². The molecule has 0 radical (unpaired) electrons. The van der Waals surface area contributed by atoms with Crippen molar-refractivity contribution in [3.63, 3.8) is 0 Å². The Kier molecular flexibility index (Phi) is 8.25. The quantitative estimate of drug-likeness (QED) is 0.257. The molecule has 2 amide bonds. The van der Waals surface area contributed by atoms with Crippen molar-refractivity contribution in [1.29, 1.82) is 0 Å². The number of imidazole rings is 2. The van der Waals surface area contributed by atoms with E-state index in [2.05, 4.69) is 20.6 Å². The summed E-state index contributed by atoms with van der Waals surface area (Å²) in [4.78, 5) is 29.6. The number of nitrogens with zero attached hydrogens (tertiary/aromatic N) is 5. The van der Waals surface area contributed by atoms with Crippen molar-refractivity contribution in [3.8, 4) is 0 Å². The van der Waals surface area contributed by atoms with Crippen LogP contribution < -0.4 is 26.4 Å². The SMILES string of the molecule is Cc1ncc(N([O-])O)n1CCNC(=O)CCC(=O)NCCCn1cc[nH]c1=[N+]([O-])[O-]. The van der Waals surface area contributed by atoms with E-state index in [9.17, 15) is 25.2 Å². The highest BCUT2D eigenvalue weighted by Crippen LogP contribution is 2.13. The molecule has 2 aromatic heterocycles. The van der Waals surface area contributed by atoms with E-state index in [4.69, 9.17) is 5.21 Å². The molecule has 14 nitrogen and oxygen atoms in total. The first-order valence-corrected chi connectivity index (χ1v) is 9.22. The van der Waals surface area contributed by atoms with Crippen LogP contribution in [0.15, 0.2) is 18.6 Å². The fraction of sp³-hybridized carbons (Fsp3) is 0.500. The number of aromatic amines is 1. The van der Waals surface area contributed by atoms with Gasteiger partial charge in [-0.3, -0.25) is 19.7 Å². The fourth-order valence-corrected chi connectivity index (χ4v) is 2.77. The first-order chi connectivity index (χ1) is 14.3. The molecule has 0 saturated heterocycles. The van der Waals surface area contributed by atoms with Gasteiger partial charge in [-0.2, -0.15) is 0 Å². The van der Waals surface area contributed by atoms with Gasteiger partial charge in [0.25, 0.3) is 0 Å². The van der Waals surface area contributed by atoms with Gasteiger partial charge in [-0.15, -0.1) is 0 Å². The second-order valence-corrected chi connectivity index (χ2v) is 6.38. The van der Waals surface area contributed by atoms with Gasteiger partial charge in [-0.25, -0.2) is 14.5 Å². The van der Waals surface area contributed by atoms with Crippen LogP contribution in [0.5, 0.6) is 0 Å². The molecule has 2 aromatic rings. The van der Waals surface area contributed by atoms with Gasteiger partial charge in [-0.1, -0.05) is 0 Å². The third-order valence-electron chi connectivity index (χ3n) is 4.28. The summed E-state index contributed by atoms with van der Waals surface area (Å²) in [5.74, 6) is -0.152. The standard InChI is InChI=1S/C16H24N8O6/c1-12-20-11-15(23(27)28)22(12)10-7-18-14(26)4-3-13(25)17-5-2-8-21-9-6-19-16(21)24(29)30/h6,9,11,19,27H,2-5,7-8,10H2,1H3,(H2-,17,18,25,26,29,30)/q-2. The minimum Gasteiger partial charge on any atom is -0.744 e. The lowest BCUT2D eigenvalue weighted by Gasteiger charge is -2.23. The van der Waals surface area contributed by atoms with E-state index in [1.165, 1.54) is 21.5 Å². The van der Waals surface area contributed by atoms with Gasteiger partial charge in [0.2, 0.25) is 11.8 Å². The van der Waals surface area contributed by atoms with Crippen molar-refractivity contribution in [2.24, 2.45) is 0 Å². The number of amides is 2. The Balaban J connectivity index is 1.62. The summed E-state index contributed by atoms with van der Waals surface area (Å²) in [5.41, 5.74) is -0.127. The number of hydrogen-bond donors (Lipinski definition) is 4. The highest BCUT2D eigenvalue weighted by molar-refractivity contribution is 5.83. The first kappa shape index (κ1) is 22.8. The van der Waals surface area contributed by atoms with E-state index >= 15 is 0 Å². The molecule has 0 aliphatic rings. The predicted molar refractivity (Wildman–Crippen MR) is 105 cm³/mol. The molecule has 14 heteroatoms. The molecular weight excluding hydrogens is 400 g/mol. The van der Waals surface area contributed by atoms with Crippen molar-refractivity contribution in [3.05, 3.63) is 45.7 Å². The Labute approximate surface area is 171 Å². The van der Waals surface area contributed by atoms with Gasteiger partial charge in [0, 0.05) is 32.5 Å². The van der Waals surface area contributed by atoms with Crippen molar-refractivity contribution >= 4 is 17.6 Å². The van der Waals surface area contributed by atoms with Crippen LogP contribution in [0.4, 0.5) is 5.82 Å². The van der Waals surface area contributed by atoms with Crippen LogP contribution in [0, 0.1) is 22.5 Å². The van der Waals surface area contributed by atoms with Crippen LogP contribution >= 0.6 is 0 Å². The maximum atomic E-state index is 11.9. The van der Waals surface area contributed by atoms with Crippen LogP contribution in [0.2, 0.25) is 0 Å². The number of aromatic nitrogens is 4. The fourth-order valence-electron chi connectivity index (χ4n) is 2.77. The zero-order valence-corrected chi connectivity index (χ0v) is 16.4. The Bertz CT molecular complexity index is 911. The highest BCUT2D eigenvalue weighted by Gasteiger charge is 2.09. The van der Waals surface area contributed by atoms with E-state index in [-0.39, 0.29) is 54.4 Å². The third-order valence-corrected chi connectivity index (χ3v) is 4.28. The highest BCUT2D eigenvalue weighted by atomic mass is 16.8. The minimum absolute atomic E-state index is 0.00358. The van der Waals surface area contributed by atoms with Crippen molar-refractivity contribution < 1.29 is 14.8 Å².